The van der Waals surface area contributed by atoms with Gasteiger partial charge < -0.3 is 4.74 Å². The zero-order valence-corrected chi connectivity index (χ0v) is 6.74. The summed E-state index contributed by atoms with van der Waals surface area (Å²) in [6, 6.07) is 0. The van der Waals surface area contributed by atoms with E-state index in [-0.39, 0.29) is 6.10 Å². The van der Waals surface area contributed by atoms with E-state index in [1.807, 2.05) is 18.5 Å². The molecule has 1 atom stereocenters. The maximum atomic E-state index is 5.39. The Morgan fingerprint density at radius 2 is 2.45 bits per heavy atom. The van der Waals surface area contributed by atoms with Gasteiger partial charge in [-0.15, -0.1) is 0 Å². The maximum Gasteiger partial charge on any atom is 0.156 e. The molecule has 0 radical (unpaired) electrons. The lowest BCUT2D eigenvalue weighted by molar-refractivity contribution is 0.0255. The fourth-order valence-electron chi connectivity index (χ4n) is 1.33. The third-order valence-corrected chi connectivity index (χ3v) is 1.84. The van der Waals surface area contributed by atoms with Gasteiger partial charge in [-0.25, -0.2) is 9.67 Å². The van der Waals surface area contributed by atoms with Gasteiger partial charge in [0.15, 0.2) is 5.82 Å². The van der Waals surface area contributed by atoms with Crippen molar-refractivity contribution in [3.8, 4) is 0 Å². The highest BCUT2D eigenvalue weighted by molar-refractivity contribution is 4.96. The van der Waals surface area contributed by atoms with Gasteiger partial charge in [-0.05, 0) is 13.8 Å². The van der Waals surface area contributed by atoms with Crippen LogP contribution in [0.3, 0.4) is 0 Å². The monoisotopic (exact) mass is 153 g/mol. The van der Waals surface area contributed by atoms with E-state index in [1.165, 1.54) is 0 Å². The number of hydrogen-bond acceptors (Lipinski definition) is 3. The van der Waals surface area contributed by atoms with Crippen LogP contribution in [0.2, 0.25) is 0 Å². The fraction of sp³-hybridized carbons (Fsp3) is 0.714. The molecule has 0 aliphatic carbocycles. The van der Waals surface area contributed by atoms with E-state index >= 15 is 0 Å². The second kappa shape index (κ2) is 2.30. The minimum absolute atomic E-state index is 0.102. The number of hydrogen-bond donors (Lipinski definition) is 0. The fourth-order valence-corrected chi connectivity index (χ4v) is 1.33. The van der Waals surface area contributed by atoms with Crippen molar-refractivity contribution in [3.05, 3.63) is 11.6 Å². The van der Waals surface area contributed by atoms with Crippen LogP contribution in [0.4, 0.5) is 0 Å². The van der Waals surface area contributed by atoms with Crippen molar-refractivity contribution in [1.82, 2.24) is 14.8 Å². The van der Waals surface area contributed by atoms with Gasteiger partial charge in [0, 0.05) is 0 Å². The van der Waals surface area contributed by atoms with Crippen molar-refractivity contribution in [2.45, 2.75) is 26.5 Å². The average molecular weight is 153 g/mol. The van der Waals surface area contributed by atoms with Crippen molar-refractivity contribution < 1.29 is 4.74 Å². The summed E-state index contributed by atoms with van der Waals surface area (Å²) < 4.78 is 7.31. The third-order valence-electron chi connectivity index (χ3n) is 1.84. The first-order chi connectivity index (χ1) is 5.27. The molecule has 0 aromatic carbocycles. The summed E-state index contributed by atoms with van der Waals surface area (Å²) in [5.74, 6) is 1.78. The number of ether oxygens (including phenoxy) is 1. The first-order valence-corrected chi connectivity index (χ1v) is 3.80. The molecule has 0 spiro atoms. The molecule has 11 heavy (non-hydrogen) atoms. The van der Waals surface area contributed by atoms with Crippen LogP contribution in [0.15, 0.2) is 0 Å². The van der Waals surface area contributed by atoms with Gasteiger partial charge in [0.2, 0.25) is 0 Å². The zero-order valence-electron chi connectivity index (χ0n) is 6.74. The number of aromatic nitrogens is 3. The van der Waals surface area contributed by atoms with E-state index < -0.39 is 0 Å². The predicted molar refractivity (Wildman–Crippen MR) is 39.1 cm³/mol. The van der Waals surface area contributed by atoms with E-state index in [1.54, 1.807) is 0 Å². The van der Waals surface area contributed by atoms with Crippen LogP contribution in [0.5, 0.6) is 0 Å². The molecule has 4 nitrogen and oxygen atoms in total. The molecule has 2 rings (SSSR count). The normalized spacial score (nSPS) is 23.3. The van der Waals surface area contributed by atoms with Crippen LogP contribution >= 0.6 is 0 Å². The Kier molecular flexibility index (Phi) is 1.42. The van der Waals surface area contributed by atoms with Gasteiger partial charge in [-0.2, -0.15) is 5.10 Å². The Hall–Kier alpha value is -0.900. The molecule has 1 aliphatic heterocycles. The molecule has 0 saturated heterocycles. The number of aryl methyl sites for hydroxylation is 1. The van der Waals surface area contributed by atoms with Gasteiger partial charge >= 0.3 is 0 Å². The Labute approximate surface area is 65.2 Å². The van der Waals surface area contributed by atoms with E-state index in [0.29, 0.717) is 0 Å². The minimum atomic E-state index is 0.102. The molecule has 0 bridgehead atoms. The smallest absolute Gasteiger partial charge is 0.156 e. The first kappa shape index (κ1) is 6.79. The lowest BCUT2D eigenvalue weighted by Gasteiger charge is -2.18. The molecule has 1 aromatic heterocycles. The first-order valence-electron chi connectivity index (χ1n) is 3.80. The Morgan fingerprint density at radius 3 is 3.18 bits per heavy atom. The second-order valence-corrected chi connectivity index (χ2v) is 2.75. The van der Waals surface area contributed by atoms with E-state index in [0.717, 1.165) is 24.8 Å². The molecule has 60 valence electrons. The highest BCUT2D eigenvalue weighted by Gasteiger charge is 2.19. The summed E-state index contributed by atoms with van der Waals surface area (Å²) in [5.41, 5.74) is 0. The maximum absolute atomic E-state index is 5.39. The lowest BCUT2D eigenvalue weighted by atomic mass is 10.3. The Balaban J connectivity index is 2.43. The SMILES string of the molecule is Cc1nc2n(n1)CCO[C@@H]2C. The highest BCUT2D eigenvalue weighted by atomic mass is 16.5. The summed E-state index contributed by atoms with van der Waals surface area (Å²) in [6.45, 7) is 5.48. The van der Waals surface area contributed by atoms with Crippen molar-refractivity contribution in [2.24, 2.45) is 0 Å². The van der Waals surface area contributed by atoms with Gasteiger partial charge in [-0.3, -0.25) is 0 Å². The molecule has 1 aromatic rings. The van der Waals surface area contributed by atoms with Crippen molar-refractivity contribution in [3.63, 3.8) is 0 Å². The Morgan fingerprint density at radius 1 is 1.64 bits per heavy atom. The van der Waals surface area contributed by atoms with Gasteiger partial charge in [0.1, 0.15) is 11.9 Å². The van der Waals surface area contributed by atoms with Crippen molar-refractivity contribution in [2.75, 3.05) is 6.61 Å². The van der Waals surface area contributed by atoms with Crippen molar-refractivity contribution >= 4 is 0 Å². The van der Waals surface area contributed by atoms with Crippen LogP contribution in [-0.2, 0) is 11.3 Å². The molecule has 0 saturated carbocycles. The second-order valence-electron chi connectivity index (χ2n) is 2.75. The molecule has 1 aliphatic rings. The molecular weight excluding hydrogens is 142 g/mol. The summed E-state index contributed by atoms with van der Waals surface area (Å²) >= 11 is 0. The number of rotatable bonds is 0. The Bertz CT molecular complexity index is 269. The molecule has 0 fully saturated rings. The zero-order chi connectivity index (χ0) is 7.84. The number of nitrogens with zero attached hydrogens (tertiary/aromatic N) is 3. The number of fused-ring (bicyclic) bond motifs is 1. The van der Waals surface area contributed by atoms with Gasteiger partial charge in [-0.1, -0.05) is 0 Å². The van der Waals surface area contributed by atoms with Crippen LogP contribution in [0.25, 0.3) is 0 Å². The van der Waals surface area contributed by atoms with Crippen molar-refractivity contribution in [1.29, 1.82) is 0 Å². The van der Waals surface area contributed by atoms with Gasteiger partial charge in [0.25, 0.3) is 0 Å². The molecule has 0 unspecified atom stereocenters. The predicted octanol–water partition coefficient (Wildman–Crippen LogP) is 0.678. The minimum Gasteiger partial charge on any atom is -0.369 e. The van der Waals surface area contributed by atoms with E-state index in [2.05, 4.69) is 10.1 Å². The summed E-state index contributed by atoms with van der Waals surface area (Å²) in [6.07, 6.45) is 0.102. The lowest BCUT2D eigenvalue weighted by Crippen LogP contribution is -2.20. The molecule has 0 N–H and O–H groups in total. The topological polar surface area (TPSA) is 39.9 Å². The van der Waals surface area contributed by atoms with E-state index in [9.17, 15) is 0 Å². The quantitative estimate of drug-likeness (QED) is 0.550. The van der Waals surface area contributed by atoms with Crippen LogP contribution < -0.4 is 0 Å². The largest absolute Gasteiger partial charge is 0.369 e. The molecule has 0 amide bonds. The molecule has 4 heteroatoms. The molecular formula is C7H11N3O. The average Bonchev–Trinajstić information content (AvgIpc) is 2.31. The van der Waals surface area contributed by atoms with E-state index in [4.69, 9.17) is 4.74 Å². The summed E-state index contributed by atoms with van der Waals surface area (Å²) in [4.78, 5) is 4.26. The third kappa shape index (κ3) is 1.03. The summed E-state index contributed by atoms with van der Waals surface area (Å²) in [7, 11) is 0. The molecule has 2 heterocycles. The van der Waals surface area contributed by atoms with Gasteiger partial charge in [0.05, 0.1) is 13.2 Å². The van der Waals surface area contributed by atoms with Crippen LogP contribution in [0.1, 0.15) is 24.7 Å². The van der Waals surface area contributed by atoms with Crippen LogP contribution in [0, 0.1) is 6.92 Å². The summed E-state index contributed by atoms with van der Waals surface area (Å²) in [5, 5.41) is 4.23. The standard InChI is InChI=1S/C7H11N3O/c1-5-7-8-6(2)9-10(7)3-4-11-5/h5H,3-4H2,1-2H3/t5-/m1/s1. The highest BCUT2D eigenvalue weighted by Crippen LogP contribution is 2.18. The van der Waals surface area contributed by atoms with Crippen LogP contribution in [-0.4, -0.2) is 21.4 Å².